The fourth-order valence-electron chi connectivity index (χ4n) is 11.2. The number of phenolic OH excluding ortho intramolecular Hbond substituents is 1. The molecule has 1 unspecified atom stereocenters. The van der Waals surface area contributed by atoms with Crippen molar-refractivity contribution >= 4 is 45.7 Å². The van der Waals surface area contributed by atoms with Crippen molar-refractivity contribution in [2.75, 3.05) is 86.9 Å². The fourth-order valence-corrected chi connectivity index (χ4v) is 11.2. The number of para-hydroxylation sites is 2. The average molecular weight is 951 g/mol. The van der Waals surface area contributed by atoms with E-state index in [1.807, 2.05) is 73.6 Å². The van der Waals surface area contributed by atoms with Gasteiger partial charge < -0.3 is 44.5 Å². The van der Waals surface area contributed by atoms with Crippen molar-refractivity contribution < 1.29 is 5.11 Å². The molecule has 17 nitrogen and oxygen atoms in total. The summed E-state index contributed by atoms with van der Waals surface area (Å²) >= 11 is 0. The number of hydrogen-bond donors (Lipinski definition) is 2. The lowest BCUT2D eigenvalue weighted by atomic mass is 9.99. The lowest BCUT2D eigenvalue weighted by Gasteiger charge is -2.36. The number of nitrogen functional groups attached to an aromatic ring is 1. The zero-order valence-corrected chi connectivity index (χ0v) is 40.7. The van der Waals surface area contributed by atoms with Crippen molar-refractivity contribution in [3.05, 3.63) is 115 Å². The second kappa shape index (κ2) is 19.2. The number of aromatic hydroxyl groups is 1. The monoisotopic (exact) mass is 951 g/mol. The summed E-state index contributed by atoms with van der Waals surface area (Å²) in [5, 5.41) is 10.9. The summed E-state index contributed by atoms with van der Waals surface area (Å²) < 4.78 is 4.62. The predicted molar refractivity (Wildman–Crippen MR) is 279 cm³/mol. The number of anilines is 4. The summed E-state index contributed by atoms with van der Waals surface area (Å²) in [4.78, 5) is 54.6. The van der Waals surface area contributed by atoms with Gasteiger partial charge in [-0.25, -0.2) is 15.0 Å². The molecule has 8 heterocycles. The number of nitrogens with zero attached hydrogens (tertiary/aromatic N) is 15. The van der Waals surface area contributed by atoms with Gasteiger partial charge in [-0.2, -0.15) is 15.0 Å². The van der Waals surface area contributed by atoms with Gasteiger partial charge in [-0.1, -0.05) is 68.1 Å². The first-order valence-electron chi connectivity index (χ1n) is 25.5. The second-order valence-corrected chi connectivity index (χ2v) is 20.0. The molecule has 2 aromatic carbocycles. The summed E-state index contributed by atoms with van der Waals surface area (Å²) in [5.41, 5.74) is 15.9. The molecule has 0 spiro atoms. The number of benzene rings is 2. The maximum absolute atomic E-state index is 10.9. The number of pyridine rings is 2. The summed E-state index contributed by atoms with van der Waals surface area (Å²) in [7, 11) is 4.34. The van der Waals surface area contributed by atoms with Crippen LogP contribution in [-0.4, -0.2) is 130 Å². The molecule has 0 amide bonds. The number of phenols is 1. The highest BCUT2D eigenvalue weighted by Crippen LogP contribution is 2.43. The number of nitrogens with two attached hydrogens (primary N) is 1. The van der Waals surface area contributed by atoms with Crippen LogP contribution in [0.2, 0.25) is 0 Å². The Balaban J connectivity index is 1.11. The SMILES string of the molecule is CN1CCN(c2nc(C(c3ccc(-c4ccccc4N)nc3)N(Cc3ccc(-c4ccccc4O)nc3)c3nc(N4CCN(C)CC4)nc4c3ncn4C3CCCC3)c3ncn(C4CCCC4)c3n2)CC1. The minimum atomic E-state index is -0.610. The van der Waals surface area contributed by atoms with Gasteiger partial charge in [0, 0.05) is 100 Å². The van der Waals surface area contributed by atoms with Crippen molar-refractivity contribution in [2.45, 2.75) is 76.0 Å². The van der Waals surface area contributed by atoms with Gasteiger partial charge >= 0.3 is 0 Å². The van der Waals surface area contributed by atoms with E-state index >= 15 is 0 Å². The van der Waals surface area contributed by atoms with Crippen LogP contribution < -0.4 is 20.4 Å². The first-order chi connectivity index (χ1) is 34.8. The van der Waals surface area contributed by atoms with Crippen molar-refractivity contribution in [1.29, 1.82) is 0 Å². The van der Waals surface area contributed by atoms with Crippen LogP contribution in [0.5, 0.6) is 5.75 Å². The Morgan fingerprint density at radius 2 is 1.14 bits per heavy atom. The lowest BCUT2D eigenvalue weighted by molar-refractivity contribution is 0.311. The Bertz CT molecular complexity index is 3140. The largest absolute Gasteiger partial charge is 0.507 e. The van der Waals surface area contributed by atoms with Crippen LogP contribution in [0, 0.1) is 0 Å². The molecule has 0 bridgehead atoms. The number of fused-ring (bicyclic) bond motifs is 2. The highest BCUT2D eigenvalue weighted by atomic mass is 16.3. The van der Waals surface area contributed by atoms with Gasteiger partial charge in [-0.05, 0) is 81.2 Å². The Hall–Kier alpha value is -7.24. The van der Waals surface area contributed by atoms with Gasteiger partial charge in [0.25, 0.3) is 0 Å². The summed E-state index contributed by atoms with van der Waals surface area (Å²) in [6.07, 6.45) is 16.9. The van der Waals surface area contributed by atoms with Crippen LogP contribution in [0.15, 0.2) is 97.8 Å². The van der Waals surface area contributed by atoms with Gasteiger partial charge in [0.05, 0.1) is 24.0 Å². The molecule has 17 heteroatoms. The number of aromatic nitrogens is 10. The van der Waals surface area contributed by atoms with E-state index < -0.39 is 6.04 Å². The van der Waals surface area contributed by atoms with Gasteiger partial charge in [-0.3, -0.25) is 9.97 Å². The maximum atomic E-state index is 10.9. The molecule has 2 saturated heterocycles. The van der Waals surface area contributed by atoms with E-state index in [1.54, 1.807) is 6.07 Å². The molecular formula is C54H62N16O. The van der Waals surface area contributed by atoms with Gasteiger partial charge in [0.15, 0.2) is 22.6 Å². The quantitative estimate of drug-likeness (QED) is 0.113. The standard InChI is InChI=1S/C54H62N16O/c1-64-23-27-66(28-24-64)53-60-46(47-50(61-53)69(34-58-47)38-11-3-4-12-38)49(37-20-22-43(57-32-37)40-15-7-9-17-42(40)55)68(33-36-19-21-44(56-31-36)41-16-8-10-18-45(41)71)51-48-52(70(35-59-48)39-13-5-6-14-39)63-54(62-51)67-29-25-65(2)26-30-67/h7-10,15-22,31-32,34-35,38-39,49,71H,3-6,11-14,23-30,33,55H2,1-2H3. The smallest absolute Gasteiger partial charge is 0.229 e. The number of rotatable bonds is 12. The lowest BCUT2D eigenvalue weighted by Crippen LogP contribution is -2.45. The van der Waals surface area contributed by atoms with Gasteiger partial charge in [0.1, 0.15) is 23.0 Å². The topological polar surface area (TPSA) is 175 Å². The van der Waals surface area contributed by atoms with Crippen molar-refractivity contribution in [2.24, 2.45) is 0 Å². The molecule has 4 fully saturated rings. The fraction of sp³-hybridized carbons (Fsp3) is 0.407. The number of piperazine rings is 2. The number of hydrogen-bond acceptors (Lipinski definition) is 15. The van der Waals surface area contributed by atoms with Crippen LogP contribution in [-0.2, 0) is 6.54 Å². The van der Waals surface area contributed by atoms with E-state index in [0.29, 0.717) is 53.3 Å². The van der Waals surface area contributed by atoms with Crippen molar-refractivity contribution in [3.63, 3.8) is 0 Å². The summed E-state index contributed by atoms with van der Waals surface area (Å²) in [6.45, 7) is 7.18. The first kappa shape index (κ1) is 44.9. The molecule has 71 heavy (non-hydrogen) atoms. The van der Waals surface area contributed by atoms with Crippen LogP contribution in [0.25, 0.3) is 44.8 Å². The van der Waals surface area contributed by atoms with Gasteiger partial charge in [-0.15, -0.1) is 0 Å². The van der Waals surface area contributed by atoms with Crippen LogP contribution in [0.3, 0.4) is 0 Å². The van der Waals surface area contributed by atoms with E-state index in [9.17, 15) is 5.11 Å². The highest BCUT2D eigenvalue weighted by molar-refractivity contribution is 5.87. The molecule has 2 aliphatic heterocycles. The Morgan fingerprint density at radius 1 is 0.592 bits per heavy atom. The minimum absolute atomic E-state index is 0.182. The first-order valence-corrected chi connectivity index (χ1v) is 25.5. The van der Waals surface area contributed by atoms with Crippen molar-refractivity contribution in [3.8, 4) is 28.3 Å². The molecule has 0 radical (unpaired) electrons. The third-order valence-corrected chi connectivity index (χ3v) is 15.4. The molecule has 6 aromatic heterocycles. The summed E-state index contributed by atoms with van der Waals surface area (Å²) in [6, 6.07) is 23.5. The molecule has 8 aromatic rings. The highest BCUT2D eigenvalue weighted by Gasteiger charge is 2.36. The molecule has 364 valence electrons. The molecule has 2 aliphatic carbocycles. The number of likely N-dealkylation sites (N-methyl/N-ethyl adjacent to an activating group) is 2. The zero-order chi connectivity index (χ0) is 48.0. The predicted octanol–water partition coefficient (Wildman–Crippen LogP) is 7.91. The molecule has 12 rings (SSSR count). The number of imidazole rings is 2. The zero-order valence-electron chi connectivity index (χ0n) is 40.7. The molecular weight excluding hydrogens is 889 g/mol. The molecule has 3 N–H and O–H groups in total. The Labute approximate surface area is 414 Å². The normalized spacial score (nSPS) is 18.1. The third-order valence-electron chi connectivity index (χ3n) is 15.4. The van der Waals surface area contributed by atoms with Gasteiger partial charge in [0.2, 0.25) is 11.9 Å². The van der Waals surface area contributed by atoms with E-state index in [1.165, 1.54) is 25.7 Å². The van der Waals surface area contributed by atoms with E-state index in [0.717, 1.165) is 128 Å². The van der Waals surface area contributed by atoms with Crippen LogP contribution in [0.1, 0.15) is 86.3 Å². The molecule has 1 atom stereocenters. The molecule has 4 aliphatic rings. The van der Waals surface area contributed by atoms with Crippen LogP contribution in [0.4, 0.5) is 23.4 Å². The van der Waals surface area contributed by atoms with Crippen molar-refractivity contribution in [1.82, 2.24) is 58.8 Å². The third kappa shape index (κ3) is 8.75. The minimum Gasteiger partial charge on any atom is -0.507 e. The van der Waals surface area contributed by atoms with E-state index in [-0.39, 0.29) is 5.75 Å². The maximum Gasteiger partial charge on any atom is 0.229 e. The van der Waals surface area contributed by atoms with E-state index in [2.05, 4.69) is 65.9 Å². The Kier molecular flexibility index (Phi) is 12.1. The Morgan fingerprint density at radius 3 is 1.73 bits per heavy atom. The second-order valence-electron chi connectivity index (χ2n) is 20.0. The average Bonchev–Trinajstić information content (AvgIpc) is 4.26. The van der Waals surface area contributed by atoms with Crippen LogP contribution >= 0.6 is 0 Å². The van der Waals surface area contributed by atoms with E-state index in [4.69, 9.17) is 45.6 Å². The molecule has 2 saturated carbocycles. The summed E-state index contributed by atoms with van der Waals surface area (Å²) in [5.74, 6) is 2.25.